The Kier molecular flexibility index (Phi) is 3.25. The van der Waals surface area contributed by atoms with Crippen molar-refractivity contribution in [1.82, 2.24) is 9.55 Å². The van der Waals surface area contributed by atoms with E-state index >= 15 is 0 Å². The fourth-order valence-electron chi connectivity index (χ4n) is 1.62. The summed E-state index contributed by atoms with van der Waals surface area (Å²) in [6.45, 7) is 1.73. The summed E-state index contributed by atoms with van der Waals surface area (Å²) in [5.41, 5.74) is 0.140. The van der Waals surface area contributed by atoms with Crippen LogP contribution in [0.5, 0.6) is 0 Å². The van der Waals surface area contributed by atoms with Gasteiger partial charge in [0.1, 0.15) is 0 Å². The number of nitrogens with zero attached hydrogens (tertiary/aromatic N) is 1. The molecule has 1 heterocycles. The highest BCUT2D eigenvalue weighted by atomic mass is 35.5. The van der Waals surface area contributed by atoms with Crippen LogP contribution in [0.3, 0.4) is 0 Å². The highest BCUT2D eigenvalue weighted by Gasteiger charge is 2.31. The minimum absolute atomic E-state index is 0.210. The van der Waals surface area contributed by atoms with Gasteiger partial charge in [0.15, 0.2) is 4.77 Å². The zero-order valence-electron chi connectivity index (χ0n) is 9.18. The van der Waals surface area contributed by atoms with Crippen LogP contribution in [0.25, 0.3) is 5.69 Å². The molecule has 0 aliphatic rings. The highest BCUT2D eigenvalue weighted by molar-refractivity contribution is 7.71. The van der Waals surface area contributed by atoms with E-state index in [4.69, 9.17) is 23.8 Å². The van der Waals surface area contributed by atoms with Gasteiger partial charge < -0.3 is 4.98 Å². The van der Waals surface area contributed by atoms with Gasteiger partial charge in [-0.3, -0.25) is 4.57 Å². The summed E-state index contributed by atoms with van der Waals surface area (Å²) in [6.07, 6.45) is -2.80. The lowest BCUT2D eigenvalue weighted by molar-refractivity contribution is -0.137. The number of imidazole rings is 1. The third-order valence-electron chi connectivity index (χ3n) is 2.47. The average Bonchev–Trinajstić information content (AvgIpc) is 2.58. The molecule has 0 aliphatic heterocycles. The van der Waals surface area contributed by atoms with Crippen LogP contribution in [0.4, 0.5) is 13.2 Å². The van der Waals surface area contributed by atoms with Crippen LogP contribution < -0.4 is 0 Å². The molecule has 0 saturated carbocycles. The molecule has 96 valence electrons. The Labute approximate surface area is 111 Å². The second kappa shape index (κ2) is 4.44. The monoisotopic (exact) mass is 292 g/mol. The van der Waals surface area contributed by atoms with Gasteiger partial charge >= 0.3 is 6.18 Å². The van der Waals surface area contributed by atoms with Gasteiger partial charge in [0.05, 0.1) is 16.3 Å². The first-order valence-corrected chi connectivity index (χ1v) is 5.73. The van der Waals surface area contributed by atoms with E-state index in [0.717, 1.165) is 12.1 Å². The Balaban J connectivity index is 2.69. The first kappa shape index (κ1) is 13.2. The molecular formula is C11H8ClF3N2S. The number of nitrogens with one attached hydrogen (secondary N) is 1. The van der Waals surface area contributed by atoms with Crippen molar-refractivity contribution in [1.29, 1.82) is 0 Å². The normalized spacial score (nSPS) is 11.8. The minimum atomic E-state index is -4.41. The lowest BCUT2D eigenvalue weighted by atomic mass is 10.2. The number of alkyl halides is 3. The molecule has 1 aromatic carbocycles. The summed E-state index contributed by atoms with van der Waals surface area (Å²) >= 11 is 11.0. The molecule has 1 N–H and O–H groups in total. The highest BCUT2D eigenvalue weighted by Crippen LogP contribution is 2.33. The van der Waals surface area contributed by atoms with E-state index in [-0.39, 0.29) is 10.7 Å². The maximum absolute atomic E-state index is 12.7. The second-order valence-electron chi connectivity index (χ2n) is 3.73. The Morgan fingerprint density at radius 2 is 2.00 bits per heavy atom. The Morgan fingerprint density at radius 3 is 2.50 bits per heavy atom. The number of benzene rings is 1. The van der Waals surface area contributed by atoms with E-state index in [1.165, 1.54) is 10.6 Å². The minimum Gasteiger partial charge on any atom is -0.337 e. The molecule has 0 saturated heterocycles. The van der Waals surface area contributed by atoms with Gasteiger partial charge in [-0.1, -0.05) is 11.6 Å². The van der Waals surface area contributed by atoms with E-state index in [1.54, 1.807) is 13.1 Å². The number of H-pyrrole nitrogens is 1. The topological polar surface area (TPSA) is 20.7 Å². The Bertz CT molecular complexity index is 642. The molecule has 7 heteroatoms. The van der Waals surface area contributed by atoms with E-state index in [9.17, 15) is 13.2 Å². The standard InChI is InChI=1S/C11H8ClF3N2S/c1-6-5-16-10(18)17(6)9-4-7(11(13,14)15)2-3-8(9)12/h2-5H,1H3,(H,16,18). The molecule has 0 radical (unpaired) electrons. The molecule has 2 aromatic rings. The van der Waals surface area contributed by atoms with E-state index < -0.39 is 11.7 Å². The van der Waals surface area contributed by atoms with Gasteiger partial charge in [0.2, 0.25) is 0 Å². The van der Waals surface area contributed by atoms with Crippen LogP contribution in [-0.4, -0.2) is 9.55 Å². The van der Waals surface area contributed by atoms with Crippen molar-refractivity contribution in [2.75, 3.05) is 0 Å². The number of hydrogen-bond acceptors (Lipinski definition) is 1. The summed E-state index contributed by atoms with van der Waals surface area (Å²) in [4.78, 5) is 2.76. The van der Waals surface area contributed by atoms with Crippen molar-refractivity contribution < 1.29 is 13.2 Å². The lowest BCUT2D eigenvalue weighted by Crippen LogP contribution is -2.07. The van der Waals surface area contributed by atoms with Crippen LogP contribution >= 0.6 is 23.8 Å². The molecule has 2 nitrogen and oxygen atoms in total. The number of aromatic amines is 1. The number of rotatable bonds is 1. The van der Waals surface area contributed by atoms with Gasteiger partial charge in [-0.25, -0.2) is 0 Å². The molecule has 0 fully saturated rings. The zero-order valence-corrected chi connectivity index (χ0v) is 10.7. The van der Waals surface area contributed by atoms with Crippen molar-refractivity contribution >= 4 is 23.8 Å². The second-order valence-corrected chi connectivity index (χ2v) is 4.53. The SMILES string of the molecule is Cc1c[nH]c(=S)n1-c1cc(C(F)(F)F)ccc1Cl. The maximum atomic E-state index is 12.7. The van der Waals surface area contributed by atoms with Crippen molar-refractivity contribution in [2.45, 2.75) is 13.1 Å². The summed E-state index contributed by atoms with van der Waals surface area (Å²) in [5, 5.41) is 0.210. The van der Waals surface area contributed by atoms with Crippen LogP contribution in [0.1, 0.15) is 11.3 Å². The summed E-state index contributed by atoms with van der Waals surface area (Å²) < 4.78 is 39.7. The van der Waals surface area contributed by atoms with Gasteiger partial charge in [0.25, 0.3) is 0 Å². The molecule has 0 aliphatic carbocycles. The molecular weight excluding hydrogens is 285 g/mol. The summed E-state index contributed by atoms with van der Waals surface area (Å²) in [7, 11) is 0. The van der Waals surface area contributed by atoms with Gasteiger partial charge in [-0.15, -0.1) is 0 Å². The molecule has 0 bridgehead atoms. The molecule has 0 spiro atoms. The van der Waals surface area contributed by atoms with Crippen molar-refractivity contribution in [2.24, 2.45) is 0 Å². The summed E-state index contributed by atoms with van der Waals surface area (Å²) in [5.74, 6) is 0. The van der Waals surface area contributed by atoms with Crippen molar-refractivity contribution in [3.05, 3.63) is 45.4 Å². The molecule has 0 amide bonds. The maximum Gasteiger partial charge on any atom is 0.416 e. The first-order valence-electron chi connectivity index (χ1n) is 4.95. The van der Waals surface area contributed by atoms with Crippen molar-refractivity contribution in [3.63, 3.8) is 0 Å². The third-order valence-corrected chi connectivity index (χ3v) is 3.09. The first-order chi connectivity index (χ1) is 8.30. The fraction of sp³-hybridized carbons (Fsp3) is 0.182. The van der Waals surface area contributed by atoms with Crippen LogP contribution in [-0.2, 0) is 6.18 Å². The van der Waals surface area contributed by atoms with Crippen molar-refractivity contribution in [3.8, 4) is 5.69 Å². The fourth-order valence-corrected chi connectivity index (χ4v) is 2.12. The predicted octanol–water partition coefficient (Wildman–Crippen LogP) is 4.52. The van der Waals surface area contributed by atoms with E-state index in [2.05, 4.69) is 4.98 Å². The van der Waals surface area contributed by atoms with Crippen LogP contribution in [0, 0.1) is 11.7 Å². The van der Waals surface area contributed by atoms with E-state index in [1.807, 2.05) is 0 Å². The molecule has 2 rings (SSSR count). The quantitative estimate of drug-likeness (QED) is 0.767. The molecule has 0 unspecified atom stereocenters. The number of aryl methyl sites for hydroxylation is 1. The van der Waals surface area contributed by atoms with Gasteiger partial charge in [0, 0.05) is 11.9 Å². The summed E-state index contributed by atoms with van der Waals surface area (Å²) in [6, 6.07) is 3.14. The van der Waals surface area contributed by atoms with Gasteiger partial charge in [-0.2, -0.15) is 13.2 Å². The average molecular weight is 293 g/mol. The van der Waals surface area contributed by atoms with Crippen LogP contribution in [0.2, 0.25) is 5.02 Å². The van der Waals surface area contributed by atoms with Crippen LogP contribution in [0.15, 0.2) is 24.4 Å². The Morgan fingerprint density at radius 1 is 1.33 bits per heavy atom. The lowest BCUT2D eigenvalue weighted by Gasteiger charge is -2.12. The number of hydrogen-bond donors (Lipinski definition) is 1. The Hall–Kier alpha value is -1.27. The van der Waals surface area contributed by atoms with E-state index in [0.29, 0.717) is 10.5 Å². The predicted molar refractivity (Wildman–Crippen MR) is 65.7 cm³/mol. The molecule has 18 heavy (non-hydrogen) atoms. The molecule has 1 aromatic heterocycles. The number of aromatic nitrogens is 2. The molecule has 0 atom stereocenters. The zero-order chi connectivity index (χ0) is 13.5. The third kappa shape index (κ3) is 2.30. The number of halogens is 4. The smallest absolute Gasteiger partial charge is 0.337 e. The largest absolute Gasteiger partial charge is 0.416 e. The van der Waals surface area contributed by atoms with Gasteiger partial charge in [-0.05, 0) is 37.3 Å².